The van der Waals surface area contributed by atoms with E-state index in [-0.39, 0.29) is 6.07 Å². The molecule has 1 rings (SSSR count). The van der Waals surface area contributed by atoms with Crippen molar-refractivity contribution < 1.29 is 26.9 Å². The number of nitro groups is 1. The molecule has 3 nitrogen and oxygen atoms in total. The Labute approximate surface area is 99.5 Å². The van der Waals surface area contributed by atoms with Gasteiger partial charge < -0.3 is 0 Å². The van der Waals surface area contributed by atoms with Crippen LogP contribution >= 0.6 is 15.9 Å². The van der Waals surface area contributed by atoms with Gasteiger partial charge in [-0.05, 0) is 22.0 Å². The van der Waals surface area contributed by atoms with Gasteiger partial charge in [0.2, 0.25) is 0 Å². The predicted octanol–water partition coefficient (Wildman–Crippen LogP) is 4.31. The molecule has 0 saturated carbocycles. The van der Waals surface area contributed by atoms with Crippen molar-refractivity contribution in [2.75, 3.05) is 0 Å². The molecule has 94 valence electrons. The summed E-state index contributed by atoms with van der Waals surface area (Å²) < 4.78 is 61.3. The number of rotatable bonds is 2. The normalized spacial score (nSPS) is 11.9. The lowest BCUT2D eigenvalue weighted by Gasteiger charge is -2.11. The molecule has 1 aromatic carbocycles. The zero-order valence-electron chi connectivity index (χ0n) is 7.76. The van der Waals surface area contributed by atoms with Gasteiger partial charge in [0.25, 0.3) is 12.1 Å². The molecular formula is C8H3BrF5NO2. The molecule has 9 heteroatoms. The first-order valence-electron chi connectivity index (χ1n) is 3.97. The van der Waals surface area contributed by atoms with Gasteiger partial charge in [-0.3, -0.25) is 10.1 Å². The van der Waals surface area contributed by atoms with E-state index in [1.807, 2.05) is 0 Å². The quantitative estimate of drug-likeness (QED) is 0.463. The fourth-order valence-electron chi connectivity index (χ4n) is 1.13. The average Bonchev–Trinajstić information content (AvgIpc) is 2.14. The van der Waals surface area contributed by atoms with Crippen LogP contribution in [0.5, 0.6) is 0 Å². The molecule has 1 aromatic rings. The van der Waals surface area contributed by atoms with Crippen molar-refractivity contribution in [3.8, 4) is 0 Å². The molecule has 0 bridgehead atoms. The van der Waals surface area contributed by atoms with Crippen LogP contribution in [0.4, 0.5) is 27.6 Å². The molecule has 0 unspecified atom stereocenters. The molecule has 0 spiro atoms. The summed E-state index contributed by atoms with van der Waals surface area (Å²) in [5.41, 5.74) is -3.69. The van der Waals surface area contributed by atoms with Crippen LogP contribution in [-0.2, 0) is 6.18 Å². The lowest BCUT2D eigenvalue weighted by Crippen LogP contribution is -2.08. The second-order valence-electron chi connectivity index (χ2n) is 2.95. The van der Waals surface area contributed by atoms with Crippen LogP contribution in [0.1, 0.15) is 17.6 Å². The standard InChI is InChI=1S/C8H3BrF5NO2/c9-5-2-6(15(16)17)3(7(10)11)1-4(5)8(12,13)14/h1-2,7H. The number of nitrogens with zero attached hydrogens (tertiary/aromatic N) is 1. The molecule has 0 radical (unpaired) electrons. The maximum absolute atomic E-state index is 12.4. The van der Waals surface area contributed by atoms with E-state index in [2.05, 4.69) is 15.9 Å². The molecular weight excluding hydrogens is 317 g/mol. The van der Waals surface area contributed by atoms with Gasteiger partial charge in [-0.2, -0.15) is 13.2 Å². The van der Waals surface area contributed by atoms with Crippen molar-refractivity contribution in [2.45, 2.75) is 12.6 Å². The van der Waals surface area contributed by atoms with Crippen LogP contribution in [-0.4, -0.2) is 4.92 Å². The Morgan fingerprint density at radius 3 is 2.18 bits per heavy atom. The van der Waals surface area contributed by atoms with Crippen LogP contribution in [0.3, 0.4) is 0 Å². The Morgan fingerprint density at radius 1 is 1.29 bits per heavy atom. The number of halogens is 6. The topological polar surface area (TPSA) is 43.1 Å². The van der Waals surface area contributed by atoms with E-state index >= 15 is 0 Å². The number of alkyl halides is 5. The van der Waals surface area contributed by atoms with Crippen LogP contribution in [0, 0.1) is 10.1 Å². The highest BCUT2D eigenvalue weighted by atomic mass is 79.9. The third-order valence-corrected chi connectivity index (χ3v) is 2.51. The summed E-state index contributed by atoms with van der Waals surface area (Å²) >= 11 is 2.47. The van der Waals surface area contributed by atoms with E-state index in [9.17, 15) is 32.1 Å². The van der Waals surface area contributed by atoms with Crippen LogP contribution in [0.2, 0.25) is 0 Å². The third-order valence-electron chi connectivity index (χ3n) is 1.85. The lowest BCUT2D eigenvalue weighted by molar-refractivity contribution is -0.386. The summed E-state index contributed by atoms with van der Waals surface area (Å²) in [6.45, 7) is 0. The van der Waals surface area contributed by atoms with Crippen molar-refractivity contribution in [3.05, 3.63) is 37.8 Å². The maximum Gasteiger partial charge on any atom is 0.417 e. The van der Waals surface area contributed by atoms with E-state index in [0.29, 0.717) is 6.07 Å². The molecule has 0 aliphatic rings. The second kappa shape index (κ2) is 4.55. The van der Waals surface area contributed by atoms with E-state index in [0.717, 1.165) is 0 Å². The van der Waals surface area contributed by atoms with E-state index < -0.39 is 38.8 Å². The Balaban J connectivity index is 3.51. The summed E-state index contributed by atoms with van der Waals surface area (Å²) in [6.07, 6.45) is -8.22. The number of hydrogen-bond donors (Lipinski definition) is 0. The monoisotopic (exact) mass is 319 g/mol. The molecule has 0 aliphatic heterocycles. The Hall–Kier alpha value is -1.25. The number of benzene rings is 1. The molecule has 0 aromatic heterocycles. The van der Waals surface area contributed by atoms with Crippen LogP contribution < -0.4 is 0 Å². The fraction of sp³-hybridized carbons (Fsp3) is 0.250. The van der Waals surface area contributed by atoms with Gasteiger partial charge in [-0.25, -0.2) is 8.78 Å². The highest BCUT2D eigenvalue weighted by Crippen LogP contribution is 2.40. The highest BCUT2D eigenvalue weighted by Gasteiger charge is 2.36. The Bertz CT molecular complexity index is 460. The summed E-state index contributed by atoms with van der Waals surface area (Å²) in [4.78, 5) is 9.25. The van der Waals surface area contributed by atoms with Gasteiger partial charge in [0.15, 0.2) is 0 Å². The van der Waals surface area contributed by atoms with Gasteiger partial charge >= 0.3 is 6.18 Å². The van der Waals surface area contributed by atoms with Crippen LogP contribution in [0.15, 0.2) is 16.6 Å². The first-order valence-corrected chi connectivity index (χ1v) is 4.77. The van der Waals surface area contributed by atoms with Gasteiger partial charge in [0, 0.05) is 10.5 Å². The summed E-state index contributed by atoms with van der Waals surface area (Å²) in [5.74, 6) is 0. The van der Waals surface area contributed by atoms with Gasteiger partial charge in [-0.1, -0.05) is 0 Å². The second-order valence-corrected chi connectivity index (χ2v) is 3.80. The molecule has 0 fully saturated rings. The van der Waals surface area contributed by atoms with Crippen molar-refractivity contribution in [1.82, 2.24) is 0 Å². The predicted molar refractivity (Wildman–Crippen MR) is 50.8 cm³/mol. The molecule has 0 N–H and O–H groups in total. The molecule has 0 atom stereocenters. The zero-order chi connectivity index (χ0) is 13.4. The number of nitro benzene ring substituents is 1. The SMILES string of the molecule is O=[N+]([O-])c1cc(Br)c(C(F)(F)F)cc1C(F)F. The highest BCUT2D eigenvalue weighted by molar-refractivity contribution is 9.10. The Kier molecular flexibility index (Phi) is 3.70. The zero-order valence-corrected chi connectivity index (χ0v) is 9.35. The van der Waals surface area contributed by atoms with E-state index in [1.54, 1.807) is 0 Å². The first-order chi connectivity index (χ1) is 7.64. The van der Waals surface area contributed by atoms with Gasteiger partial charge in [-0.15, -0.1) is 0 Å². The van der Waals surface area contributed by atoms with Gasteiger partial charge in [0.1, 0.15) is 0 Å². The average molecular weight is 320 g/mol. The first kappa shape index (κ1) is 13.8. The summed E-state index contributed by atoms with van der Waals surface area (Å²) in [6, 6.07) is 0.497. The number of hydrogen-bond acceptors (Lipinski definition) is 2. The van der Waals surface area contributed by atoms with E-state index in [4.69, 9.17) is 0 Å². The maximum atomic E-state index is 12.4. The van der Waals surface area contributed by atoms with Crippen molar-refractivity contribution in [1.29, 1.82) is 0 Å². The Morgan fingerprint density at radius 2 is 1.82 bits per heavy atom. The van der Waals surface area contributed by atoms with Crippen molar-refractivity contribution in [3.63, 3.8) is 0 Å². The molecule has 0 aliphatic carbocycles. The van der Waals surface area contributed by atoms with Gasteiger partial charge in [0.05, 0.1) is 16.1 Å². The van der Waals surface area contributed by atoms with Crippen molar-refractivity contribution >= 4 is 21.6 Å². The molecule has 17 heavy (non-hydrogen) atoms. The third kappa shape index (κ3) is 2.90. The largest absolute Gasteiger partial charge is 0.417 e. The molecule has 0 amide bonds. The molecule has 0 saturated heterocycles. The van der Waals surface area contributed by atoms with E-state index in [1.165, 1.54) is 0 Å². The minimum Gasteiger partial charge on any atom is -0.258 e. The smallest absolute Gasteiger partial charge is 0.258 e. The van der Waals surface area contributed by atoms with Crippen LogP contribution in [0.25, 0.3) is 0 Å². The summed E-state index contributed by atoms with van der Waals surface area (Å²) in [7, 11) is 0. The summed E-state index contributed by atoms with van der Waals surface area (Å²) in [5, 5.41) is 10.4. The minimum absolute atomic E-state index is 0.0763. The lowest BCUT2D eigenvalue weighted by atomic mass is 10.1. The minimum atomic E-state index is -4.86. The molecule has 0 heterocycles. The fourth-order valence-corrected chi connectivity index (χ4v) is 1.69. The van der Waals surface area contributed by atoms with Crippen molar-refractivity contribution in [2.24, 2.45) is 0 Å².